The quantitative estimate of drug-likeness (QED) is 0.263. The van der Waals surface area contributed by atoms with Gasteiger partial charge in [-0.05, 0) is 12.8 Å². The zero-order valence-corrected chi connectivity index (χ0v) is 13.9. The van der Waals surface area contributed by atoms with E-state index in [0.717, 1.165) is 11.9 Å². The summed E-state index contributed by atoms with van der Waals surface area (Å²) in [5.41, 5.74) is 0. The molecule has 0 unspecified atom stereocenters. The second-order valence-corrected chi connectivity index (χ2v) is 6.22. The second-order valence-electron chi connectivity index (χ2n) is 5.04. The maximum atomic E-state index is 11.9. The third-order valence-electron chi connectivity index (χ3n) is 3.19. The molecular weight excluding hydrogens is 395 g/mol. The van der Waals surface area contributed by atoms with Gasteiger partial charge in [-0.3, -0.25) is 5.14 Å². The van der Waals surface area contributed by atoms with E-state index in [4.69, 9.17) is 5.14 Å². The Morgan fingerprint density at radius 1 is 0.875 bits per heavy atom. The van der Waals surface area contributed by atoms with Crippen LogP contribution >= 0.6 is 24.6 Å². The molecule has 0 aliphatic heterocycles. The summed E-state index contributed by atoms with van der Waals surface area (Å²) in [4.78, 5) is 0. The van der Waals surface area contributed by atoms with Crippen molar-refractivity contribution in [3.8, 4) is 0 Å². The molecule has 0 aromatic rings. The molecule has 2 nitrogen and oxygen atoms in total. The molecule has 3 N–H and O–H groups in total. The molecule has 0 amide bonds. The summed E-state index contributed by atoms with van der Waals surface area (Å²) in [7, 11) is 0. The number of hydrogen-bond acceptors (Lipinski definition) is 4. The van der Waals surface area contributed by atoms with Crippen LogP contribution in [0.1, 0.15) is 32.1 Å². The van der Waals surface area contributed by atoms with Crippen LogP contribution in [0, 0.1) is 0 Å². The van der Waals surface area contributed by atoms with Crippen LogP contribution in [0.25, 0.3) is 0 Å². The van der Waals surface area contributed by atoms with E-state index in [1.807, 2.05) is 0 Å². The Morgan fingerprint density at radius 3 is 1.62 bits per heavy atom. The Hall–Kier alpha value is -0.0100. The van der Waals surface area contributed by atoms with Gasteiger partial charge in [-0.15, -0.1) is 0 Å². The number of rotatable bonds is 5. The van der Waals surface area contributed by atoms with Crippen LogP contribution in [0.4, 0.5) is 39.5 Å². The van der Waals surface area contributed by atoms with Gasteiger partial charge in [-0.25, -0.2) is 0 Å². The van der Waals surface area contributed by atoms with Gasteiger partial charge in [-0.2, -0.15) is 39.5 Å². The Bertz CT molecular complexity index is 341. The number of halogens is 9. The molecule has 1 aliphatic rings. The van der Waals surface area contributed by atoms with Gasteiger partial charge in [0.15, 0.2) is 0 Å². The highest BCUT2D eigenvalue weighted by Crippen LogP contribution is 2.54. The first-order chi connectivity index (χ1) is 10.7. The van der Waals surface area contributed by atoms with Crippen LogP contribution in [0.2, 0.25) is 0 Å². The first-order valence-electron chi connectivity index (χ1n) is 6.66. The van der Waals surface area contributed by atoms with Crippen molar-refractivity contribution in [2.24, 2.45) is 5.14 Å². The van der Waals surface area contributed by atoms with Gasteiger partial charge in [0.2, 0.25) is 0 Å². The third-order valence-corrected chi connectivity index (χ3v) is 3.80. The van der Waals surface area contributed by atoms with Gasteiger partial charge in [0.25, 0.3) is 0 Å². The highest BCUT2D eigenvalue weighted by Gasteiger charge is 2.81. The van der Waals surface area contributed by atoms with Gasteiger partial charge in [0.05, 0.1) is 5.88 Å². The van der Waals surface area contributed by atoms with Crippen LogP contribution in [0.5, 0.6) is 0 Å². The van der Waals surface area contributed by atoms with E-state index in [1.54, 1.807) is 12.6 Å². The second kappa shape index (κ2) is 9.08. The highest BCUT2D eigenvalue weighted by atomic mass is 32.2. The van der Waals surface area contributed by atoms with Gasteiger partial charge < -0.3 is 5.32 Å². The van der Waals surface area contributed by atoms with Crippen molar-refractivity contribution in [2.75, 3.05) is 5.88 Å². The SMILES string of the molecule is FC(F)(F)C(F)(F)C(F)(F)C(F)(F)S.NSCNC1CCCCC1. The molecule has 13 heteroatoms. The first kappa shape index (κ1) is 24.0. The fourth-order valence-corrected chi connectivity index (χ4v) is 2.31. The third kappa shape index (κ3) is 6.37. The summed E-state index contributed by atoms with van der Waals surface area (Å²) in [6, 6.07) is 0.754. The molecular formula is C11H17F9N2S2. The molecule has 1 rings (SSSR count). The van der Waals surface area contributed by atoms with Crippen LogP contribution in [0.15, 0.2) is 0 Å². The molecule has 1 aliphatic carbocycles. The van der Waals surface area contributed by atoms with E-state index < -0.39 is 23.3 Å². The predicted molar refractivity (Wildman–Crippen MR) is 76.5 cm³/mol. The highest BCUT2D eigenvalue weighted by molar-refractivity contribution is 7.97. The van der Waals surface area contributed by atoms with Crippen LogP contribution in [-0.2, 0) is 0 Å². The molecule has 146 valence electrons. The zero-order chi connectivity index (χ0) is 19.2. The van der Waals surface area contributed by atoms with Crippen molar-refractivity contribution < 1.29 is 39.5 Å². The molecule has 0 aromatic heterocycles. The van der Waals surface area contributed by atoms with E-state index in [2.05, 4.69) is 5.32 Å². The van der Waals surface area contributed by atoms with Gasteiger partial charge in [-0.1, -0.05) is 43.8 Å². The fraction of sp³-hybridized carbons (Fsp3) is 1.00. The lowest BCUT2D eigenvalue weighted by molar-refractivity contribution is -0.380. The number of hydrogen-bond donors (Lipinski definition) is 3. The number of alkyl halides is 9. The van der Waals surface area contributed by atoms with Gasteiger partial charge >= 0.3 is 23.3 Å². The van der Waals surface area contributed by atoms with Gasteiger partial charge in [0, 0.05) is 6.04 Å². The van der Waals surface area contributed by atoms with Gasteiger partial charge in [0.1, 0.15) is 0 Å². The molecule has 0 spiro atoms. The van der Waals surface area contributed by atoms with E-state index in [0.29, 0.717) is 0 Å². The zero-order valence-electron chi connectivity index (χ0n) is 12.2. The summed E-state index contributed by atoms with van der Waals surface area (Å²) in [5, 5.41) is 2.94. The Kier molecular flexibility index (Phi) is 9.08. The Labute approximate surface area is 142 Å². The fourth-order valence-electron chi connectivity index (χ4n) is 1.84. The van der Waals surface area contributed by atoms with Crippen LogP contribution in [-0.4, -0.2) is 35.2 Å². The monoisotopic (exact) mass is 412 g/mol. The minimum atomic E-state index is -6.84. The molecule has 1 fully saturated rings. The van der Waals surface area contributed by atoms with E-state index in [1.165, 1.54) is 44.1 Å². The summed E-state index contributed by atoms with van der Waals surface area (Å²) in [6.07, 6.45) is 0.136. The van der Waals surface area contributed by atoms with Crippen LogP contribution < -0.4 is 10.5 Å². The Morgan fingerprint density at radius 2 is 1.33 bits per heavy atom. The van der Waals surface area contributed by atoms with Crippen molar-refractivity contribution in [2.45, 2.75) is 61.4 Å². The van der Waals surface area contributed by atoms with E-state index in [9.17, 15) is 39.5 Å². The maximum Gasteiger partial charge on any atom is 0.460 e. The first-order valence-corrected chi connectivity index (χ1v) is 8.15. The maximum absolute atomic E-state index is 11.9. The molecule has 0 aromatic carbocycles. The smallest absolute Gasteiger partial charge is 0.304 e. The summed E-state index contributed by atoms with van der Waals surface area (Å²) in [5.74, 6) is -12.5. The van der Waals surface area contributed by atoms with Crippen molar-refractivity contribution in [1.29, 1.82) is 0 Å². The topological polar surface area (TPSA) is 38.0 Å². The minimum absolute atomic E-state index is 0.754. The number of nitrogens with two attached hydrogens (primary N) is 1. The van der Waals surface area contributed by atoms with Crippen molar-refractivity contribution in [1.82, 2.24) is 5.32 Å². The predicted octanol–water partition coefficient (Wildman–Crippen LogP) is 4.82. The molecule has 1 saturated carbocycles. The Balaban J connectivity index is 0.000000463. The average molecular weight is 412 g/mol. The number of nitrogens with one attached hydrogen (secondary N) is 1. The molecule has 0 bridgehead atoms. The lowest BCUT2D eigenvalue weighted by atomic mass is 9.96. The lowest BCUT2D eigenvalue weighted by Gasteiger charge is -2.30. The summed E-state index contributed by atoms with van der Waals surface area (Å²) in [6.45, 7) is 0. The lowest BCUT2D eigenvalue weighted by Crippen LogP contribution is -2.59. The van der Waals surface area contributed by atoms with Crippen molar-refractivity contribution >= 4 is 24.6 Å². The van der Waals surface area contributed by atoms with E-state index >= 15 is 0 Å². The van der Waals surface area contributed by atoms with Crippen LogP contribution in [0.3, 0.4) is 0 Å². The molecule has 0 radical (unpaired) electrons. The summed E-state index contributed by atoms with van der Waals surface area (Å²) < 4.78 is 105. The standard InChI is InChI=1S/C7H16N2S.C4HF9S/c8-10-6-9-7-4-2-1-3-5-7;5-1(6,3(9,10)11)2(7,8)4(12,13)14/h7,9H,1-6,8H2;14H. The molecule has 0 heterocycles. The minimum Gasteiger partial charge on any atom is -0.304 e. The molecule has 24 heavy (non-hydrogen) atoms. The van der Waals surface area contributed by atoms with Crippen molar-refractivity contribution in [3.63, 3.8) is 0 Å². The normalized spacial score (nSPS) is 18.1. The molecule has 0 saturated heterocycles. The summed E-state index contributed by atoms with van der Waals surface area (Å²) >= 11 is 3.08. The average Bonchev–Trinajstić information content (AvgIpc) is 2.44. The number of thiol groups is 1. The van der Waals surface area contributed by atoms with Crippen molar-refractivity contribution in [3.05, 3.63) is 0 Å². The largest absolute Gasteiger partial charge is 0.460 e. The molecule has 0 atom stereocenters. The van der Waals surface area contributed by atoms with E-state index in [-0.39, 0.29) is 0 Å².